The molecule has 272 valence electrons. The maximum atomic E-state index is 12.0. The molecule has 0 aromatic carbocycles. The molecule has 0 saturated heterocycles. The first kappa shape index (κ1) is 44.6. The molecular weight excluding hydrogens is 572 g/mol. The van der Waals surface area contributed by atoms with Gasteiger partial charge in [-0.2, -0.15) is 0 Å². The van der Waals surface area contributed by atoms with E-state index >= 15 is 0 Å². The molecule has 5 heteroatoms. The molecule has 0 amide bonds. The number of unbranched alkanes of at least 4 members (excludes halogenated alkanes) is 27. The van der Waals surface area contributed by atoms with E-state index in [-0.39, 0.29) is 25.2 Å². The Morgan fingerprint density at radius 2 is 0.696 bits per heavy atom. The lowest BCUT2D eigenvalue weighted by atomic mass is 10.0. The summed E-state index contributed by atoms with van der Waals surface area (Å²) in [6.07, 6.45) is 42.6. The summed E-state index contributed by atoms with van der Waals surface area (Å²) >= 11 is 0. The van der Waals surface area contributed by atoms with Crippen molar-refractivity contribution in [3.63, 3.8) is 0 Å². The van der Waals surface area contributed by atoms with Crippen LogP contribution < -0.4 is 0 Å². The minimum absolute atomic E-state index is 0.111. The van der Waals surface area contributed by atoms with Crippen molar-refractivity contribution >= 4 is 11.9 Å². The van der Waals surface area contributed by atoms with Gasteiger partial charge < -0.3 is 14.6 Å². The number of esters is 2. The minimum Gasteiger partial charge on any atom is -0.463 e. The number of hydrogen-bond donors (Lipinski definition) is 1. The van der Waals surface area contributed by atoms with E-state index in [0.29, 0.717) is 12.8 Å². The van der Waals surface area contributed by atoms with Crippen LogP contribution in [0.2, 0.25) is 0 Å². The van der Waals surface area contributed by atoms with Crippen LogP contribution in [0.5, 0.6) is 0 Å². The average molecular weight is 651 g/mol. The fourth-order valence-electron chi connectivity index (χ4n) is 5.91. The molecule has 0 spiro atoms. The van der Waals surface area contributed by atoms with Gasteiger partial charge in [0.2, 0.25) is 0 Å². The van der Waals surface area contributed by atoms with E-state index in [0.717, 1.165) is 32.1 Å². The van der Waals surface area contributed by atoms with E-state index in [2.05, 4.69) is 26.0 Å². The highest BCUT2D eigenvalue weighted by atomic mass is 16.6. The zero-order chi connectivity index (χ0) is 33.6. The van der Waals surface area contributed by atoms with Gasteiger partial charge >= 0.3 is 11.9 Å². The van der Waals surface area contributed by atoms with Gasteiger partial charge in [-0.25, -0.2) is 0 Å². The Balaban J connectivity index is 3.39. The number of carbonyl (C=O) groups is 2. The molecule has 0 fully saturated rings. The van der Waals surface area contributed by atoms with E-state index in [4.69, 9.17) is 9.47 Å². The molecule has 0 heterocycles. The SMILES string of the molecule is CCCCCC/C=C\CCCCCCCCCC(=O)OC[C@H](O)COC(=O)CCCCCCCCCCCCCCCCCCC. The zero-order valence-electron chi connectivity index (χ0n) is 30.9. The van der Waals surface area contributed by atoms with E-state index in [1.165, 1.54) is 161 Å². The molecule has 0 aliphatic rings. The van der Waals surface area contributed by atoms with Crippen molar-refractivity contribution in [2.24, 2.45) is 0 Å². The van der Waals surface area contributed by atoms with Gasteiger partial charge in [-0.05, 0) is 38.5 Å². The lowest BCUT2D eigenvalue weighted by Crippen LogP contribution is -2.25. The van der Waals surface area contributed by atoms with Gasteiger partial charge in [-0.3, -0.25) is 9.59 Å². The standard InChI is InChI=1S/C41H78O5/c1-3-5-7-9-11-13-15-17-19-20-22-24-26-28-30-32-34-36-41(44)46-38-39(42)37-45-40(43)35-33-31-29-27-25-23-21-18-16-14-12-10-8-6-4-2/h14,16,39,42H,3-13,15,17-38H2,1-2H3/b16-14-/t39-/m0/s1. The molecule has 0 aromatic rings. The number of aliphatic hydroxyl groups excluding tert-OH is 1. The Morgan fingerprint density at radius 3 is 1.02 bits per heavy atom. The molecule has 0 aromatic heterocycles. The predicted molar refractivity (Wildman–Crippen MR) is 196 cm³/mol. The van der Waals surface area contributed by atoms with Crippen LogP contribution in [0.25, 0.3) is 0 Å². The van der Waals surface area contributed by atoms with Crippen LogP contribution in [0.1, 0.15) is 219 Å². The van der Waals surface area contributed by atoms with Crippen molar-refractivity contribution in [2.45, 2.75) is 225 Å². The van der Waals surface area contributed by atoms with Gasteiger partial charge in [0.25, 0.3) is 0 Å². The summed E-state index contributed by atoms with van der Waals surface area (Å²) < 4.78 is 10.3. The lowest BCUT2D eigenvalue weighted by Gasteiger charge is -2.12. The zero-order valence-corrected chi connectivity index (χ0v) is 30.9. The summed E-state index contributed by atoms with van der Waals surface area (Å²) in [4.78, 5) is 23.9. The first-order valence-electron chi connectivity index (χ1n) is 20.2. The summed E-state index contributed by atoms with van der Waals surface area (Å²) in [5.74, 6) is -0.559. The van der Waals surface area contributed by atoms with Crippen molar-refractivity contribution < 1.29 is 24.2 Å². The normalized spacial score (nSPS) is 12.2. The number of carbonyl (C=O) groups excluding carboxylic acids is 2. The first-order valence-corrected chi connectivity index (χ1v) is 20.2. The van der Waals surface area contributed by atoms with Gasteiger partial charge in [0.05, 0.1) is 0 Å². The smallest absolute Gasteiger partial charge is 0.305 e. The fourth-order valence-corrected chi connectivity index (χ4v) is 5.91. The summed E-state index contributed by atoms with van der Waals surface area (Å²) in [7, 11) is 0. The molecule has 0 rings (SSSR count). The van der Waals surface area contributed by atoms with E-state index < -0.39 is 6.10 Å². The van der Waals surface area contributed by atoms with E-state index in [9.17, 15) is 14.7 Å². The van der Waals surface area contributed by atoms with E-state index in [1.54, 1.807) is 0 Å². The monoisotopic (exact) mass is 651 g/mol. The van der Waals surface area contributed by atoms with Crippen molar-refractivity contribution in [3.05, 3.63) is 12.2 Å². The fraction of sp³-hybridized carbons (Fsp3) is 0.902. The summed E-state index contributed by atoms with van der Waals surface area (Å²) in [5, 5.41) is 10.0. The highest BCUT2D eigenvalue weighted by Crippen LogP contribution is 2.15. The second-order valence-corrected chi connectivity index (χ2v) is 13.8. The maximum Gasteiger partial charge on any atom is 0.305 e. The van der Waals surface area contributed by atoms with Gasteiger partial charge in [-0.15, -0.1) is 0 Å². The van der Waals surface area contributed by atoms with Gasteiger partial charge in [-0.1, -0.05) is 180 Å². The molecule has 0 unspecified atom stereocenters. The van der Waals surface area contributed by atoms with Crippen molar-refractivity contribution in [2.75, 3.05) is 13.2 Å². The third-order valence-corrected chi connectivity index (χ3v) is 9.00. The average Bonchev–Trinajstić information content (AvgIpc) is 3.06. The maximum absolute atomic E-state index is 12.0. The topological polar surface area (TPSA) is 72.8 Å². The first-order chi connectivity index (χ1) is 22.6. The molecular formula is C41H78O5. The molecule has 46 heavy (non-hydrogen) atoms. The second-order valence-electron chi connectivity index (χ2n) is 13.8. The molecule has 0 aliphatic heterocycles. The van der Waals surface area contributed by atoms with Gasteiger partial charge in [0.1, 0.15) is 19.3 Å². The molecule has 5 nitrogen and oxygen atoms in total. The van der Waals surface area contributed by atoms with Crippen LogP contribution in [-0.2, 0) is 19.1 Å². The molecule has 0 bridgehead atoms. The Hall–Kier alpha value is -1.36. The van der Waals surface area contributed by atoms with Crippen LogP contribution in [0, 0.1) is 0 Å². The quantitative estimate of drug-likeness (QED) is 0.0411. The van der Waals surface area contributed by atoms with Crippen LogP contribution in [-0.4, -0.2) is 36.4 Å². The molecule has 0 saturated carbocycles. The van der Waals surface area contributed by atoms with Gasteiger partial charge in [0, 0.05) is 12.8 Å². The van der Waals surface area contributed by atoms with Crippen LogP contribution >= 0.6 is 0 Å². The third-order valence-electron chi connectivity index (χ3n) is 9.00. The molecule has 0 radical (unpaired) electrons. The number of ether oxygens (including phenoxy) is 2. The largest absolute Gasteiger partial charge is 0.463 e. The summed E-state index contributed by atoms with van der Waals surface area (Å²) in [5.41, 5.74) is 0. The van der Waals surface area contributed by atoms with Crippen molar-refractivity contribution in [3.8, 4) is 0 Å². The number of allylic oxidation sites excluding steroid dienone is 2. The highest BCUT2D eigenvalue weighted by Gasteiger charge is 2.12. The molecule has 1 atom stereocenters. The second kappa shape index (κ2) is 38.1. The lowest BCUT2D eigenvalue weighted by molar-refractivity contribution is -0.152. The van der Waals surface area contributed by atoms with Crippen LogP contribution in [0.4, 0.5) is 0 Å². The summed E-state index contributed by atoms with van der Waals surface area (Å²) in [6, 6.07) is 0. The Morgan fingerprint density at radius 1 is 0.435 bits per heavy atom. The summed E-state index contributed by atoms with van der Waals surface area (Å²) in [6.45, 7) is 4.31. The number of hydrogen-bond acceptors (Lipinski definition) is 5. The third kappa shape index (κ3) is 37.1. The molecule has 1 N–H and O–H groups in total. The van der Waals surface area contributed by atoms with Gasteiger partial charge in [0.15, 0.2) is 0 Å². The van der Waals surface area contributed by atoms with Crippen molar-refractivity contribution in [1.29, 1.82) is 0 Å². The Kier molecular flexibility index (Phi) is 37.0. The molecule has 0 aliphatic carbocycles. The number of rotatable bonds is 37. The highest BCUT2D eigenvalue weighted by molar-refractivity contribution is 5.69. The van der Waals surface area contributed by atoms with E-state index in [1.807, 2.05) is 0 Å². The number of aliphatic hydroxyl groups is 1. The Bertz CT molecular complexity index is 661. The van der Waals surface area contributed by atoms with Crippen LogP contribution in [0.3, 0.4) is 0 Å². The minimum atomic E-state index is -0.959. The Labute approximate surface area is 286 Å². The van der Waals surface area contributed by atoms with Crippen LogP contribution in [0.15, 0.2) is 12.2 Å². The van der Waals surface area contributed by atoms with Crippen molar-refractivity contribution in [1.82, 2.24) is 0 Å². The predicted octanol–water partition coefficient (Wildman–Crippen LogP) is 12.5.